The summed E-state index contributed by atoms with van der Waals surface area (Å²) in [5, 5.41) is 3.37. The first-order chi connectivity index (χ1) is 9.24. The molecule has 3 nitrogen and oxygen atoms in total. The highest BCUT2D eigenvalue weighted by Gasteiger charge is 2.28. The van der Waals surface area contributed by atoms with Gasteiger partial charge in [-0.25, -0.2) is 0 Å². The highest BCUT2D eigenvalue weighted by atomic mass is 16.2. The van der Waals surface area contributed by atoms with Gasteiger partial charge < -0.3 is 10.2 Å². The molecule has 0 unspecified atom stereocenters. The van der Waals surface area contributed by atoms with Crippen LogP contribution < -0.4 is 5.32 Å². The normalized spacial score (nSPS) is 22.5. The average Bonchev–Trinajstić information content (AvgIpc) is 2.41. The Labute approximate surface area is 115 Å². The summed E-state index contributed by atoms with van der Waals surface area (Å²) in [6, 6.07) is 8.36. The lowest BCUT2D eigenvalue weighted by Gasteiger charge is -2.33. The van der Waals surface area contributed by atoms with E-state index in [1.165, 1.54) is 30.4 Å². The Morgan fingerprint density at radius 3 is 2.74 bits per heavy atom. The fourth-order valence-corrected chi connectivity index (χ4v) is 3.05. The Hall–Kier alpha value is -1.35. The van der Waals surface area contributed by atoms with Crippen molar-refractivity contribution in [2.75, 3.05) is 13.6 Å². The largest absolute Gasteiger partial charge is 0.344 e. The molecule has 1 fully saturated rings. The number of benzene rings is 1. The first kappa shape index (κ1) is 12.7. The summed E-state index contributed by atoms with van der Waals surface area (Å²) in [7, 11) is 1.95. The van der Waals surface area contributed by atoms with Crippen LogP contribution in [0.4, 0.5) is 0 Å². The minimum atomic E-state index is -0.0417. The fourth-order valence-electron chi connectivity index (χ4n) is 3.05. The van der Waals surface area contributed by atoms with Gasteiger partial charge in [0.1, 0.15) is 0 Å². The van der Waals surface area contributed by atoms with E-state index in [1.807, 2.05) is 11.9 Å². The second-order valence-electron chi connectivity index (χ2n) is 5.92. The predicted octanol–water partition coefficient (Wildman–Crippen LogP) is 1.96. The van der Waals surface area contributed by atoms with E-state index in [2.05, 4.69) is 29.6 Å². The van der Waals surface area contributed by atoms with Crippen molar-refractivity contribution in [3.05, 3.63) is 35.4 Å². The quantitative estimate of drug-likeness (QED) is 0.899. The molecule has 1 aliphatic carbocycles. The monoisotopic (exact) mass is 258 g/mol. The SMILES string of the molecule is CN(CC1CCC1)C(=O)[C@@H]1Cc2ccccc2CN1. The highest BCUT2D eigenvalue weighted by molar-refractivity contribution is 5.82. The van der Waals surface area contributed by atoms with Crippen molar-refractivity contribution in [1.29, 1.82) is 0 Å². The van der Waals surface area contributed by atoms with E-state index in [9.17, 15) is 4.79 Å². The summed E-state index contributed by atoms with van der Waals surface area (Å²) in [4.78, 5) is 14.4. The number of fused-ring (bicyclic) bond motifs is 1. The highest BCUT2D eigenvalue weighted by Crippen LogP contribution is 2.27. The molecule has 1 aromatic carbocycles. The third kappa shape index (κ3) is 2.66. The second-order valence-corrected chi connectivity index (χ2v) is 5.92. The van der Waals surface area contributed by atoms with Crippen LogP contribution in [0.5, 0.6) is 0 Å². The van der Waals surface area contributed by atoms with Crippen molar-refractivity contribution >= 4 is 5.91 Å². The summed E-state index contributed by atoms with van der Waals surface area (Å²) in [5.41, 5.74) is 2.64. The molecular formula is C16H22N2O. The summed E-state index contributed by atoms with van der Waals surface area (Å²) < 4.78 is 0. The van der Waals surface area contributed by atoms with Gasteiger partial charge in [0.15, 0.2) is 0 Å². The van der Waals surface area contributed by atoms with Crippen LogP contribution in [-0.4, -0.2) is 30.4 Å². The van der Waals surface area contributed by atoms with Crippen LogP contribution in [0.3, 0.4) is 0 Å². The van der Waals surface area contributed by atoms with Gasteiger partial charge in [-0.2, -0.15) is 0 Å². The van der Waals surface area contributed by atoms with Crippen molar-refractivity contribution in [3.63, 3.8) is 0 Å². The summed E-state index contributed by atoms with van der Waals surface area (Å²) in [6.07, 6.45) is 4.74. The van der Waals surface area contributed by atoms with Gasteiger partial charge in [0, 0.05) is 20.1 Å². The number of carbonyl (C=O) groups is 1. The van der Waals surface area contributed by atoms with Gasteiger partial charge in [0.05, 0.1) is 6.04 Å². The minimum Gasteiger partial charge on any atom is -0.344 e. The van der Waals surface area contributed by atoms with Gasteiger partial charge in [-0.3, -0.25) is 4.79 Å². The Kier molecular flexibility index (Phi) is 3.56. The van der Waals surface area contributed by atoms with E-state index in [0.717, 1.165) is 25.4 Å². The number of amides is 1. The van der Waals surface area contributed by atoms with Crippen LogP contribution in [0, 0.1) is 5.92 Å². The molecule has 3 heteroatoms. The molecule has 0 bridgehead atoms. The van der Waals surface area contributed by atoms with Gasteiger partial charge in [-0.05, 0) is 36.3 Å². The lowest BCUT2D eigenvalue weighted by molar-refractivity contribution is -0.133. The molecule has 3 rings (SSSR count). The Morgan fingerprint density at radius 2 is 2.05 bits per heavy atom. The molecule has 1 aliphatic heterocycles. The molecule has 19 heavy (non-hydrogen) atoms. The van der Waals surface area contributed by atoms with Crippen molar-refractivity contribution in [3.8, 4) is 0 Å². The second kappa shape index (κ2) is 5.33. The number of carbonyl (C=O) groups excluding carboxylic acids is 1. The molecule has 0 radical (unpaired) electrons. The minimum absolute atomic E-state index is 0.0417. The molecule has 0 spiro atoms. The predicted molar refractivity (Wildman–Crippen MR) is 75.8 cm³/mol. The number of hydrogen-bond acceptors (Lipinski definition) is 2. The Bertz CT molecular complexity index is 468. The fraction of sp³-hybridized carbons (Fsp3) is 0.562. The topological polar surface area (TPSA) is 32.3 Å². The molecule has 1 saturated carbocycles. The van der Waals surface area contributed by atoms with Crippen molar-refractivity contribution in [1.82, 2.24) is 10.2 Å². The van der Waals surface area contributed by atoms with Crippen LogP contribution >= 0.6 is 0 Å². The zero-order valence-corrected chi connectivity index (χ0v) is 11.6. The number of rotatable bonds is 3. The average molecular weight is 258 g/mol. The van der Waals surface area contributed by atoms with Gasteiger partial charge in [0.25, 0.3) is 0 Å². The van der Waals surface area contributed by atoms with Crippen molar-refractivity contribution in [2.24, 2.45) is 5.92 Å². The van der Waals surface area contributed by atoms with E-state index in [0.29, 0.717) is 0 Å². The molecular weight excluding hydrogens is 236 g/mol. The van der Waals surface area contributed by atoms with Gasteiger partial charge in [-0.1, -0.05) is 30.7 Å². The van der Waals surface area contributed by atoms with Crippen molar-refractivity contribution < 1.29 is 4.79 Å². The maximum atomic E-state index is 12.4. The summed E-state index contributed by atoms with van der Waals surface area (Å²) in [6.45, 7) is 1.74. The number of nitrogens with one attached hydrogen (secondary N) is 1. The van der Waals surface area contributed by atoms with E-state index >= 15 is 0 Å². The third-order valence-electron chi connectivity index (χ3n) is 4.51. The number of hydrogen-bond donors (Lipinski definition) is 1. The smallest absolute Gasteiger partial charge is 0.239 e. The zero-order chi connectivity index (χ0) is 13.2. The van der Waals surface area contributed by atoms with Crippen LogP contribution in [0.25, 0.3) is 0 Å². The van der Waals surface area contributed by atoms with Gasteiger partial charge in [0.2, 0.25) is 5.91 Å². The van der Waals surface area contributed by atoms with E-state index in [1.54, 1.807) is 0 Å². The Balaban J connectivity index is 1.62. The number of likely N-dealkylation sites (N-methyl/N-ethyl adjacent to an activating group) is 1. The lowest BCUT2D eigenvalue weighted by atomic mass is 9.85. The zero-order valence-electron chi connectivity index (χ0n) is 11.6. The molecule has 1 aromatic rings. The first-order valence-electron chi connectivity index (χ1n) is 7.29. The third-order valence-corrected chi connectivity index (χ3v) is 4.51. The molecule has 1 N–H and O–H groups in total. The number of nitrogens with zero attached hydrogens (tertiary/aromatic N) is 1. The van der Waals surface area contributed by atoms with Crippen LogP contribution in [0.15, 0.2) is 24.3 Å². The molecule has 1 amide bonds. The van der Waals surface area contributed by atoms with Crippen LogP contribution in [0.1, 0.15) is 30.4 Å². The molecule has 2 aliphatic rings. The van der Waals surface area contributed by atoms with E-state index in [-0.39, 0.29) is 11.9 Å². The van der Waals surface area contributed by atoms with Crippen LogP contribution in [-0.2, 0) is 17.8 Å². The summed E-state index contributed by atoms with van der Waals surface area (Å²) in [5.74, 6) is 0.992. The first-order valence-corrected chi connectivity index (χ1v) is 7.29. The van der Waals surface area contributed by atoms with Gasteiger partial charge >= 0.3 is 0 Å². The lowest BCUT2D eigenvalue weighted by Crippen LogP contribution is -2.49. The maximum Gasteiger partial charge on any atom is 0.239 e. The molecule has 102 valence electrons. The van der Waals surface area contributed by atoms with Gasteiger partial charge in [-0.15, -0.1) is 0 Å². The van der Waals surface area contributed by atoms with Crippen LogP contribution in [0.2, 0.25) is 0 Å². The molecule has 1 heterocycles. The Morgan fingerprint density at radius 1 is 1.32 bits per heavy atom. The standard InChI is InChI=1S/C16H22N2O/c1-18(11-12-5-4-6-12)16(19)15-9-13-7-2-3-8-14(13)10-17-15/h2-3,7-8,12,15,17H,4-6,9-11H2,1H3/t15-/m0/s1. The van der Waals surface area contributed by atoms with E-state index < -0.39 is 0 Å². The maximum absolute atomic E-state index is 12.4. The summed E-state index contributed by atoms with van der Waals surface area (Å²) >= 11 is 0. The molecule has 0 aromatic heterocycles. The molecule has 0 saturated heterocycles. The van der Waals surface area contributed by atoms with Crippen molar-refractivity contribution in [2.45, 2.75) is 38.3 Å². The van der Waals surface area contributed by atoms with E-state index in [4.69, 9.17) is 0 Å². The molecule has 1 atom stereocenters.